The summed E-state index contributed by atoms with van der Waals surface area (Å²) in [5.41, 5.74) is 4.50. The Morgan fingerprint density at radius 3 is 2.36 bits per heavy atom. The molecule has 2 N–H and O–H groups in total. The van der Waals surface area contributed by atoms with E-state index in [9.17, 15) is 17.6 Å². The normalized spacial score (nSPS) is 11.0. The summed E-state index contributed by atoms with van der Waals surface area (Å²) in [5.74, 6) is -2.36. The van der Waals surface area contributed by atoms with E-state index < -0.39 is 23.6 Å². The number of nitrogens with two attached hydrogens (primary N) is 1. The zero-order valence-corrected chi connectivity index (χ0v) is 7.24. The van der Waals surface area contributed by atoms with Crippen LogP contribution in [0.4, 0.5) is 17.6 Å². The van der Waals surface area contributed by atoms with Gasteiger partial charge in [0.25, 0.3) is 6.43 Å². The van der Waals surface area contributed by atoms with Crippen molar-refractivity contribution >= 4 is 0 Å². The summed E-state index contributed by atoms with van der Waals surface area (Å²) in [4.78, 5) is 0. The third kappa shape index (κ3) is 2.23. The average Bonchev–Trinajstić information content (AvgIpc) is 2.12. The Hall–Kier alpha value is -1.10. The predicted octanol–water partition coefficient (Wildman–Crippen LogP) is 2.40. The highest BCUT2D eigenvalue weighted by Crippen LogP contribution is 2.23. The second kappa shape index (κ2) is 4.41. The van der Waals surface area contributed by atoms with Crippen LogP contribution < -0.4 is 5.73 Å². The molecule has 0 saturated heterocycles. The number of hydrogen-bond acceptors (Lipinski definition) is 1. The van der Waals surface area contributed by atoms with E-state index in [1.54, 1.807) is 0 Å². The topological polar surface area (TPSA) is 26.0 Å². The van der Waals surface area contributed by atoms with Crippen molar-refractivity contribution in [3.63, 3.8) is 0 Å². The van der Waals surface area contributed by atoms with Gasteiger partial charge in [-0.25, -0.2) is 17.6 Å². The maximum Gasteiger partial charge on any atom is 0.263 e. The summed E-state index contributed by atoms with van der Waals surface area (Å²) in [5, 5.41) is 0. The van der Waals surface area contributed by atoms with Gasteiger partial charge in [-0.2, -0.15) is 0 Å². The van der Waals surface area contributed by atoms with Crippen LogP contribution >= 0.6 is 0 Å². The fraction of sp³-hybridized carbons (Fsp3) is 0.333. The van der Waals surface area contributed by atoms with Gasteiger partial charge in [0.2, 0.25) is 0 Å². The minimum absolute atomic E-state index is 0.0450. The lowest BCUT2D eigenvalue weighted by atomic mass is 10.1. The lowest BCUT2D eigenvalue weighted by Crippen LogP contribution is -2.06. The van der Waals surface area contributed by atoms with Gasteiger partial charge in [0.1, 0.15) is 0 Å². The Morgan fingerprint density at radius 2 is 1.86 bits per heavy atom. The van der Waals surface area contributed by atoms with Crippen LogP contribution in [-0.2, 0) is 6.42 Å². The average molecular weight is 207 g/mol. The van der Waals surface area contributed by atoms with Crippen molar-refractivity contribution in [2.45, 2.75) is 12.8 Å². The maximum atomic E-state index is 13.0. The third-order valence-electron chi connectivity index (χ3n) is 1.79. The minimum Gasteiger partial charge on any atom is -0.330 e. The third-order valence-corrected chi connectivity index (χ3v) is 1.79. The Bertz CT molecular complexity index is 325. The van der Waals surface area contributed by atoms with Crippen LogP contribution in [-0.4, -0.2) is 6.54 Å². The first-order valence-electron chi connectivity index (χ1n) is 4.02. The van der Waals surface area contributed by atoms with Gasteiger partial charge < -0.3 is 5.73 Å². The molecule has 1 aromatic carbocycles. The number of halogens is 4. The van der Waals surface area contributed by atoms with Crippen molar-refractivity contribution in [2.75, 3.05) is 6.54 Å². The first kappa shape index (κ1) is 11.0. The highest BCUT2D eigenvalue weighted by atomic mass is 19.3. The Morgan fingerprint density at radius 1 is 1.21 bits per heavy atom. The van der Waals surface area contributed by atoms with Gasteiger partial charge in [-0.3, -0.25) is 0 Å². The molecule has 0 saturated carbocycles. The summed E-state index contributed by atoms with van der Waals surface area (Å²) < 4.78 is 50.1. The molecule has 0 aliphatic heterocycles. The molecule has 1 rings (SSSR count). The first-order chi connectivity index (χ1) is 6.56. The van der Waals surface area contributed by atoms with Gasteiger partial charge in [0, 0.05) is 5.56 Å². The summed E-state index contributed by atoms with van der Waals surface area (Å²) in [6.07, 6.45) is -2.76. The molecule has 0 fully saturated rings. The summed E-state index contributed by atoms with van der Waals surface area (Å²) in [7, 11) is 0. The summed E-state index contributed by atoms with van der Waals surface area (Å²) >= 11 is 0. The Kier molecular flexibility index (Phi) is 3.46. The lowest BCUT2D eigenvalue weighted by molar-refractivity contribution is 0.150. The van der Waals surface area contributed by atoms with Crippen molar-refractivity contribution in [3.05, 3.63) is 34.9 Å². The van der Waals surface area contributed by atoms with Crippen LogP contribution in [0.2, 0.25) is 0 Å². The molecular formula is C9H9F4N. The number of rotatable bonds is 3. The second-order valence-electron chi connectivity index (χ2n) is 2.82. The number of hydrogen-bond donors (Lipinski definition) is 1. The molecule has 0 radical (unpaired) electrons. The van der Waals surface area contributed by atoms with Crippen molar-refractivity contribution in [1.82, 2.24) is 0 Å². The fourth-order valence-electron chi connectivity index (χ4n) is 1.13. The molecule has 0 aromatic heterocycles. The van der Waals surface area contributed by atoms with Crippen LogP contribution in [0.5, 0.6) is 0 Å². The molecule has 0 atom stereocenters. The standard InChI is InChI=1S/C9H9F4N/c10-7-4-6(9(12)13)3-5(1-2-14)8(7)11/h3-4,9H,1-2,14H2. The van der Waals surface area contributed by atoms with Gasteiger partial charge >= 0.3 is 0 Å². The van der Waals surface area contributed by atoms with Gasteiger partial charge in [-0.1, -0.05) is 0 Å². The maximum absolute atomic E-state index is 13.0. The smallest absolute Gasteiger partial charge is 0.263 e. The largest absolute Gasteiger partial charge is 0.330 e. The monoisotopic (exact) mass is 207 g/mol. The van der Waals surface area contributed by atoms with Crippen molar-refractivity contribution in [2.24, 2.45) is 5.73 Å². The van der Waals surface area contributed by atoms with Crippen molar-refractivity contribution < 1.29 is 17.6 Å². The van der Waals surface area contributed by atoms with Crippen LogP contribution in [0.15, 0.2) is 12.1 Å². The zero-order valence-electron chi connectivity index (χ0n) is 7.24. The van der Waals surface area contributed by atoms with Gasteiger partial charge in [-0.15, -0.1) is 0 Å². The van der Waals surface area contributed by atoms with Crippen molar-refractivity contribution in [1.29, 1.82) is 0 Å². The predicted molar refractivity (Wildman–Crippen MR) is 44.1 cm³/mol. The Labute approximate surface area is 78.5 Å². The lowest BCUT2D eigenvalue weighted by Gasteiger charge is -2.06. The fourth-order valence-corrected chi connectivity index (χ4v) is 1.13. The SMILES string of the molecule is NCCc1cc(C(F)F)cc(F)c1F. The van der Waals surface area contributed by atoms with Gasteiger partial charge in [0.15, 0.2) is 11.6 Å². The van der Waals surface area contributed by atoms with Gasteiger partial charge in [-0.05, 0) is 30.7 Å². The van der Waals surface area contributed by atoms with Crippen molar-refractivity contribution in [3.8, 4) is 0 Å². The molecule has 0 aliphatic carbocycles. The van der Waals surface area contributed by atoms with Crippen LogP contribution in [0.3, 0.4) is 0 Å². The highest BCUT2D eigenvalue weighted by Gasteiger charge is 2.15. The summed E-state index contributed by atoms with van der Waals surface area (Å²) in [6.45, 7) is 0.0864. The van der Waals surface area contributed by atoms with E-state index in [2.05, 4.69) is 0 Å². The highest BCUT2D eigenvalue weighted by molar-refractivity contribution is 5.27. The number of alkyl halides is 2. The van der Waals surface area contributed by atoms with Crippen LogP contribution in [0.1, 0.15) is 17.6 Å². The summed E-state index contributed by atoms with van der Waals surface area (Å²) in [6, 6.07) is 1.44. The molecule has 5 heteroatoms. The molecule has 0 amide bonds. The first-order valence-corrected chi connectivity index (χ1v) is 4.02. The van der Waals surface area contributed by atoms with E-state index >= 15 is 0 Å². The van der Waals surface area contributed by atoms with E-state index in [0.29, 0.717) is 6.07 Å². The van der Waals surface area contributed by atoms with E-state index in [1.807, 2.05) is 0 Å². The van der Waals surface area contributed by atoms with E-state index in [-0.39, 0.29) is 18.5 Å². The molecule has 14 heavy (non-hydrogen) atoms. The van der Waals surface area contributed by atoms with Crippen LogP contribution in [0.25, 0.3) is 0 Å². The zero-order chi connectivity index (χ0) is 10.7. The molecule has 0 unspecified atom stereocenters. The van der Waals surface area contributed by atoms with E-state index in [4.69, 9.17) is 5.73 Å². The molecule has 0 heterocycles. The quantitative estimate of drug-likeness (QED) is 0.756. The van der Waals surface area contributed by atoms with E-state index in [0.717, 1.165) is 6.07 Å². The van der Waals surface area contributed by atoms with E-state index in [1.165, 1.54) is 0 Å². The molecule has 1 nitrogen and oxygen atoms in total. The molecule has 1 aromatic rings. The van der Waals surface area contributed by atoms with Crippen LogP contribution in [0, 0.1) is 11.6 Å². The molecule has 78 valence electrons. The second-order valence-corrected chi connectivity index (χ2v) is 2.82. The minimum atomic E-state index is -2.80. The molecular weight excluding hydrogens is 198 g/mol. The molecule has 0 spiro atoms. The number of benzene rings is 1. The van der Waals surface area contributed by atoms with Gasteiger partial charge in [0.05, 0.1) is 0 Å². The molecule has 0 bridgehead atoms. The Balaban J connectivity index is 3.14. The molecule has 0 aliphatic rings.